The van der Waals surface area contributed by atoms with Crippen LogP contribution in [0.3, 0.4) is 0 Å². The number of alkyl halides is 3. The predicted molar refractivity (Wildman–Crippen MR) is 108 cm³/mol. The van der Waals surface area contributed by atoms with E-state index in [0.29, 0.717) is 0 Å². The molecule has 0 bridgehead atoms. The second-order valence-corrected chi connectivity index (χ2v) is 8.79. The van der Waals surface area contributed by atoms with Gasteiger partial charge in [0.05, 0.1) is 17.9 Å². The fourth-order valence-electron chi connectivity index (χ4n) is 2.82. The fraction of sp³-hybridized carbons (Fsp3) is 0.200. The summed E-state index contributed by atoms with van der Waals surface area (Å²) in [6, 6.07) is 4.92. The number of hydrogen-bond acceptors (Lipinski definition) is 5. The Morgan fingerprint density at radius 2 is 1.76 bits per heavy atom. The largest absolute Gasteiger partial charge is 0.444 e. The molecule has 0 aliphatic rings. The molecule has 0 radical (unpaired) electrons. The van der Waals surface area contributed by atoms with Gasteiger partial charge in [-0.15, -0.1) is 0 Å². The average Bonchev–Trinajstić information content (AvgIpc) is 3.20. The summed E-state index contributed by atoms with van der Waals surface area (Å²) < 4.78 is 96.3. The molecule has 1 atom stereocenters. The summed E-state index contributed by atoms with van der Waals surface area (Å²) in [4.78, 5) is 16.3. The average molecular weight is 489 g/mol. The molecule has 176 valence electrons. The van der Waals surface area contributed by atoms with Gasteiger partial charge in [-0.1, -0.05) is 6.07 Å². The van der Waals surface area contributed by atoms with Gasteiger partial charge in [0.15, 0.2) is 17.3 Å². The first-order valence-corrected chi connectivity index (χ1v) is 11.0. The number of halogens is 5. The van der Waals surface area contributed by atoms with Crippen LogP contribution in [-0.4, -0.2) is 25.6 Å². The lowest BCUT2D eigenvalue weighted by atomic mass is 10.1. The Kier molecular flexibility index (Phi) is 6.45. The van der Waals surface area contributed by atoms with Gasteiger partial charge >= 0.3 is 6.18 Å². The van der Waals surface area contributed by atoms with Crippen molar-refractivity contribution >= 4 is 21.6 Å². The zero-order valence-electron chi connectivity index (χ0n) is 17.0. The van der Waals surface area contributed by atoms with Crippen LogP contribution in [0.25, 0.3) is 11.5 Å². The van der Waals surface area contributed by atoms with E-state index < -0.39 is 51.0 Å². The van der Waals surface area contributed by atoms with Gasteiger partial charge in [-0.3, -0.25) is 9.52 Å². The molecule has 2 aromatic carbocycles. The van der Waals surface area contributed by atoms with Crippen LogP contribution in [0.5, 0.6) is 0 Å². The summed E-state index contributed by atoms with van der Waals surface area (Å²) in [5.41, 5.74) is -2.07. The number of aromatic nitrogens is 1. The lowest BCUT2D eigenvalue weighted by molar-refractivity contribution is -0.137. The number of carbonyl (C=O) groups is 1. The number of oxazole rings is 1. The van der Waals surface area contributed by atoms with Crippen LogP contribution < -0.4 is 10.0 Å². The summed E-state index contributed by atoms with van der Waals surface area (Å²) in [5.74, 6) is -3.43. The molecule has 3 aromatic rings. The first-order chi connectivity index (χ1) is 15.2. The van der Waals surface area contributed by atoms with Crippen molar-refractivity contribution in [2.45, 2.75) is 19.1 Å². The van der Waals surface area contributed by atoms with Gasteiger partial charge in [-0.05, 0) is 42.8 Å². The summed E-state index contributed by atoms with van der Waals surface area (Å²) >= 11 is 0. The Labute approximate surface area is 184 Å². The van der Waals surface area contributed by atoms with Gasteiger partial charge in [0, 0.05) is 5.56 Å². The molecule has 2 N–H and O–H groups in total. The molecule has 0 fully saturated rings. The Morgan fingerprint density at radius 1 is 1.12 bits per heavy atom. The number of rotatable bonds is 6. The molecule has 1 aromatic heterocycles. The van der Waals surface area contributed by atoms with E-state index >= 15 is 0 Å². The lowest BCUT2D eigenvalue weighted by Crippen LogP contribution is -2.27. The zero-order chi connectivity index (χ0) is 24.6. The van der Waals surface area contributed by atoms with Crippen LogP contribution in [0, 0.1) is 11.6 Å². The number of carbonyl (C=O) groups excluding carboxylic acids is 1. The highest BCUT2D eigenvalue weighted by atomic mass is 32.2. The molecule has 0 aliphatic carbocycles. The second kappa shape index (κ2) is 8.81. The summed E-state index contributed by atoms with van der Waals surface area (Å²) in [6.45, 7) is 1.41. The quantitative estimate of drug-likeness (QED) is 0.497. The first-order valence-electron chi connectivity index (χ1n) is 9.15. The van der Waals surface area contributed by atoms with Gasteiger partial charge in [-0.2, -0.15) is 13.2 Å². The van der Waals surface area contributed by atoms with Crippen LogP contribution in [0.4, 0.5) is 27.6 Å². The van der Waals surface area contributed by atoms with Gasteiger partial charge in [0.1, 0.15) is 12.0 Å². The fourth-order valence-corrected chi connectivity index (χ4v) is 3.38. The maximum Gasteiger partial charge on any atom is 0.416 e. The van der Waals surface area contributed by atoms with Crippen molar-refractivity contribution in [2.75, 3.05) is 11.0 Å². The zero-order valence-corrected chi connectivity index (χ0v) is 17.8. The van der Waals surface area contributed by atoms with Crippen molar-refractivity contribution in [3.05, 3.63) is 71.1 Å². The van der Waals surface area contributed by atoms with Gasteiger partial charge < -0.3 is 9.73 Å². The van der Waals surface area contributed by atoms with Crippen LogP contribution in [0.2, 0.25) is 0 Å². The molecular formula is C20H16F5N3O4S. The van der Waals surface area contributed by atoms with Crippen molar-refractivity contribution in [2.24, 2.45) is 0 Å². The minimum Gasteiger partial charge on any atom is -0.444 e. The van der Waals surface area contributed by atoms with Gasteiger partial charge in [-0.25, -0.2) is 22.2 Å². The molecule has 0 spiro atoms. The van der Waals surface area contributed by atoms with E-state index in [9.17, 15) is 35.2 Å². The number of hydrogen-bond donors (Lipinski definition) is 2. The summed E-state index contributed by atoms with van der Waals surface area (Å²) in [6.07, 6.45) is -2.92. The maximum absolute atomic E-state index is 14.2. The molecule has 1 heterocycles. The Hall–Kier alpha value is -3.48. The van der Waals surface area contributed by atoms with Gasteiger partial charge in [0.25, 0.3) is 5.91 Å². The number of anilines is 1. The van der Waals surface area contributed by atoms with E-state index in [1.54, 1.807) is 4.72 Å². The van der Waals surface area contributed by atoms with Crippen LogP contribution in [0.1, 0.15) is 34.6 Å². The number of nitrogens with one attached hydrogen (secondary N) is 2. The number of amides is 1. The third-order valence-electron chi connectivity index (χ3n) is 4.37. The molecule has 0 saturated heterocycles. The SMILES string of the molecule is C[C@@H](NC(=O)c1coc(-c2cccc(C(F)(F)F)c2)n1)c1cc(F)c(NS(C)(=O)=O)c(F)c1. The van der Waals surface area contributed by atoms with Crippen molar-refractivity contribution in [3.63, 3.8) is 0 Å². The molecule has 0 aliphatic heterocycles. The third kappa shape index (κ3) is 5.86. The van der Waals surface area contributed by atoms with Crippen LogP contribution in [-0.2, 0) is 16.2 Å². The molecule has 13 heteroatoms. The smallest absolute Gasteiger partial charge is 0.416 e. The number of sulfonamides is 1. The Morgan fingerprint density at radius 3 is 2.33 bits per heavy atom. The highest BCUT2D eigenvalue weighted by Crippen LogP contribution is 2.32. The predicted octanol–water partition coefficient (Wildman–Crippen LogP) is 4.50. The molecular weight excluding hydrogens is 473 g/mol. The van der Waals surface area contributed by atoms with Crippen molar-refractivity contribution < 1.29 is 39.6 Å². The van der Waals surface area contributed by atoms with Crippen LogP contribution in [0.15, 0.2) is 47.1 Å². The maximum atomic E-state index is 14.2. The number of benzene rings is 2. The van der Waals surface area contributed by atoms with E-state index in [1.165, 1.54) is 13.0 Å². The highest BCUT2D eigenvalue weighted by Gasteiger charge is 2.31. The first kappa shape index (κ1) is 24.2. The van der Waals surface area contributed by atoms with E-state index in [0.717, 1.165) is 42.9 Å². The van der Waals surface area contributed by atoms with E-state index in [-0.39, 0.29) is 22.7 Å². The molecule has 7 nitrogen and oxygen atoms in total. The van der Waals surface area contributed by atoms with E-state index in [4.69, 9.17) is 4.42 Å². The van der Waals surface area contributed by atoms with Crippen LogP contribution >= 0.6 is 0 Å². The topological polar surface area (TPSA) is 101 Å². The molecule has 0 saturated carbocycles. The monoisotopic (exact) mass is 489 g/mol. The second-order valence-electron chi connectivity index (χ2n) is 7.05. The normalized spacial score (nSPS) is 12.9. The minimum atomic E-state index is -4.57. The van der Waals surface area contributed by atoms with E-state index in [2.05, 4.69) is 10.3 Å². The number of nitrogens with zero attached hydrogens (tertiary/aromatic N) is 1. The Balaban J connectivity index is 1.77. The van der Waals surface area contributed by atoms with E-state index in [1.807, 2.05) is 0 Å². The molecule has 0 unspecified atom stereocenters. The Bertz CT molecular complexity index is 1280. The summed E-state index contributed by atoms with van der Waals surface area (Å²) in [7, 11) is -3.92. The highest BCUT2D eigenvalue weighted by molar-refractivity contribution is 7.92. The van der Waals surface area contributed by atoms with Crippen molar-refractivity contribution in [3.8, 4) is 11.5 Å². The minimum absolute atomic E-state index is 0.00460. The molecule has 3 rings (SSSR count). The lowest BCUT2D eigenvalue weighted by Gasteiger charge is -2.15. The van der Waals surface area contributed by atoms with Crippen molar-refractivity contribution in [1.29, 1.82) is 0 Å². The summed E-state index contributed by atoms with van der Waals surface area (Å²) in [5, 5.41) is 2.42. The van der Waals surface area contributed by atoms with Crippen molar-refractivity contribution in [1.82, 2.24) is 10.3 Å². The third-order valence-corrected chi connectivity index (χ3v) is 4.95. The molecule has 33 heavy (non-hydrogen) atoms. The standard InChI is InChI=1S/C20H16F5N3O4S/c1-10(12-7-14(21)17(15(22)8-12)28-33(2,30)31)26-18(29)16-9-32-19(27-16)11-4-3-5-13(6-11)20(23,24)25/h3-10,28H,1-2H3,(H,26,29)/t10-/m1/s1. The molecule has 1 amide bonds. The van der Waals surface area contributed by atoms with Gasteiger partial charge in [0.2, 0.25) is 15.9 Å².